The van der Waals surface area contributed by atoms with Gasteiger partial charge in [-0.2, -0.15) is 5.10 Å². The Kier molecular flexibility index (Phi) is 4.36. The molecule has 7 heteroatoms. The van der Waals surface area contributed by atoms with Crippen molar-refractivity contribution >= 4 is 22.6 Å². The maximum Gasteiger partial charge on any atom is 0.169 e. The van der Waals surface area contributed by atoms with Crippen molar-refractivity contribution in [2.45, 2.75) is 26.2 Å². The van der Waals surface area contributed by atoms with E-state index in [0.717, 1.165) is 48.5 Å². The average molecular weight is 350 g/mol. The summed E-state index contributed by atoms with van der Waals surface area (Å²) in [4.78, 5) is 28.5. The van der Waals surface area contributed by atoms with Crippen molar-refractivity contribution in [3.63, 3.8) is 0 Å². The lowest BCUT2D eigenvalue weighted by Gasteiger charge is -2.33. The SMILES string of the molecule is CCc1nc(N2CCC[C@H](C(=O)c3cccnc3)C2)c2cnn(C)c2n1. The van der Waals surface area contributed by atoms with Crippen LogP contribution in [0.2, 0.25) is 0 Å². The maximum absolute atomic E-state index is 12.9. The van der Waals surface area contributed by atoms with Crippen LogP contribution in [0.1, 0.15) is 35.9 Å². The fraction of sp³-hybridized carbons (Fsp3) is 0.421. The van der Waals surface area contributed by atoms with Crippen molar-refractivity contribution in [2.24, 2.45) is 13.0 Å². The number of fused-ring (bicyclic) bond motifs is 1. The maximum atomic E-state index is 12.9. The summed E-state index contributed by atoms with van der Waals surface area (Å²) in [5, 5.41) is 5.28. The Hall–Kier alpha value is -2.83. The quantitative estimate of drug-likeness (QED) is 0.673. The van der Waals surface area contributed by atoms with E-state index in [0.29, 0.717) is 12.1 Å². The van der Waals surface area contributed by atoms with Crippen molar-refractivity contribution in [3.8, 4) is 0 Å². The van der Waals surface area contributed by atoms with E-state index >= 15 is 0 Å². The molecular weight excluding hydrogens is 328 g/mol. The highest BCUT2D eigenvalue weighted by Crippen LogP contribution is 2.29. The Morgan fingerprint density at radius 1 is 1.31 bits per heavy atom. The number of carbonyl (C=O) groups is 1. The molecule has 0 amide bonds. The molecule has 4 rings (SSSR count). The smallest absolute Gasteiger partial charge is 0.169 e. The van der Waals surface area contributed by atoms with Gasteiger partial charge in [-0.15, -0.1) is 0 Å². The normalized spacial score (nSPS) is 17.6. The number of aryl methyl sites for hydroxylation is 2. The van der Waals surface area contributed by atoms with Crippen molar-refractivity contribution in [2.75, 3.05) is 18.0 Å². The molecule has 1 saturated heterocycles. The lowest BCUT2D eigenvalue weighted by Crippen LogP contribution is -2.39. The third-order valence-electron chi connectivity index (χ3n) is 4.97. The number of anilines is 1. The van der Waals surface area contributed by atoms with Gasteiger partial charge >= 0.3 is 0 Å². The molecule has 0 aromatic carbocycles. The predicted octanol–water partition coefficient (Wildman–Crippen LogP) is 2.42. The number of carbonyl (C=O) groups excluding carboxylic acids is 1. The third-order valence-corrected chi connectivity index (χ3v) is 4.97. The van der Waals surface area contributed by atoms with Crippen molar-refractivity contribution in [1.29, 1.82) is 0 Å². The van der Waals surface area contributed by atoms with Gasteiger partial charge in [0.2, 0.25) is 0 Å². The van der Waals surface area contributed by atoms with Crippen LogP contribution < -0.4 is 4.90 Å². The monoisotopic (exact) mass is 350 g/mol. The molecule has 0 N–H and O–H groups in total. The Morgan fingerprint density at radius 2 is 2.19 bits per heavy atom. The summed E-state index contributed by atoms with van der Waals surface area (Å²) in [6.45, 7) is 3.60. The molecule has 0 aliphatic carbocycles. The minimum atomic E-state index is -0.0419. The number of hydrogen-bond donors (Lipinski definition) is 0. The van der Waals surface area contributed by atoms with Gasteiger partial charge in [-0.3, -0.25) is 14.5 Å². The molecule has 26 heavy (non-hydrogen) atoms. The number of ketones is 1. The highest BCUT2D eigenvalue weighted by molar-refractivity contribution is 5.98. The highest BCUT2D eigenvalue weighted by atomic mass is 16.1. The van der Waals surface area contributed by atoms with E-state index in [2.05, 4.69) is 20.0 Å². The van der Waals surface area contributed by atoms with E-state index in [1.807, 2.05) is 32.3 Å². The van der Waals surface area contributed by atoms with Crippen LogP contribution in [-0.4, -0.2) is 43.6 Å². The van der Waals surface area contributed by atoms with E-state index in [4.69, 9.17) is 4.98 Å². The molecule has 4 heterocycles. The van der Waals surface area contributed by atoms with Crippen molar-refractivity contribution < 1.29 is 4.79 Å². The van der Waals surface area contributed by atoms with E-state index in [9.17, 15) is 4.79 Å². The van der Waals surface area contributed by atoms with Gasteiger partial charge in [-0.1, -0.05) is 6.92 Å². The summed E-state index contributed by atoms with van der Waals surface area (Å²) in [5.74, 6) is 1.81. The predicted molar refractivity (Wildman–Crippen MR) is 99.2 cm³/mol. The first-order valence-corrected chi connectivity index (χ1v) is 9.05. The van der Waals surface area contributed by atoms with Gasteiger partial charge in [0.15, 0.2) is 11.4 Å². The molecule has 0 bridgehead atoms. The molecule has 1 fully saturated rings. The van der Waals surface area contributed by atoms with E-state index in [1.54, 1.807) is 17.1 Å². The number of rotatable bonds is 4. The van der Waals surface area contributed by atoms with Gasteiger partial charge in [0.05, 0.1) is 11.6 Å². The van der Waals surface area contributed by atoms with Gasteiger partial charge in [-0.05, 0) is 25.0 Å². The minimum Gasteiger partial charge on any atom is -0.355 e. The van der Waals surface area contributed by atoms with Crippen molar-refractivity contribution in [1.82, 2.24) is 24.7 Å². The van der Waals surface area contributed by atoms with Crippen LogP contribution in [-0.2, 0) is 13.5 Å². The van der Waals surface area contributed by atoms with E-state index < -0.39 is 0 Å². The second kappa shape index (κ2) is 6.82. The molecule has 3 aromatic heterocycles. The van der Waals surface area contributed by atoms with Gasteiger partial charge in [0, 0.05) is 50.4 Å². The number of hydrogen-bond acceptors (Lipinski definition) is 6. The molecule has 0 saturated carbocycles. The first-order chi connectivity index (χ1) is 12.7. The summed E-state index contributed by atoms with van der Waals surface area (Å²) < 4.78 is 1.78. The van der Waals surface area contributed by atoms with E-state index in [1.165, 1.54) is 0 Å². The minimum absolute atomic E-state index is 0.0419. The van der Waals surface area contributed by atoms with Crippen LogP contribution in [0.15, 0.2) is 30.7 Å². The first kappa shape index (κ1) is 16.6. The van der Waals surface area contributed by atoms with Gasteiger partial charge < -0.3 is 4.90 Å². The zero-order chi connectivity index (χ0) is 18.1. The topological polar surface area (TPSA) is 76.8 Å². The second-order valence-corrected chi connectivity index (χ2v) is 6.71. The molecule has 7 nitrogen and oxygen atoms in total. The largest absolute Gasteiger partial charge is 0.355 e. The molecule has 0 unspecified atom stereocenters. The molecular formula is C19H22N6O. The summed E-state index contributed by atoms with van der Waals surface area (Å²) >= 11 is 0. The van der Waals surface area contributed by atoms with Gasteiger partial charge in [0.25, 0.3) is 0 Å². The average Bonchev–Trinajstić information content (AvgIpc) is 3.08. The van der Waals surface area contributed by atoms with Crippen molar-refractivity contribution in [3.05, 3.63) is 42.1 Å². The van der Waals surface area contributed by atoms with Crippen LogP contribution in [0.5, 0.6) is 0 Å². The fourth-order valence-electron chi connectivity index (χ4n) is 3.58. The Balaban J connectivity index is 1.66. The molecule has 0 spiro atoms. The number of nitrogens with zero attached hydrogens (tertiary/aromatic N) is 6. The fourth-order valence-corrected chi connectivity index (χ4v) is 3.58. The summed E-state index contributed by atoms with van der Waals surface area (Å²) in [6, 6.07) is 3.65. The van der Waals surface area contributed by atoms with Crippen LogP contribution in [0.25, 0.3) is 11.0 Å². The number of aromatic nitrogens is 5. The van der Waals surface area contributed by atoms with Crippen LogP contribution >= 0.6 is 0 Å². The summed E-state index contributed by atoms with van der Waals surface area (Å²) in [6.07, 6.45) is 7.78. The first-order valence-electron chi connectivity index (χ1n) is 9.05. The highest BCUT2D eigenvalue weighted by Gasteiger charge is 2.29. The van der Waals surface area contributed by atoms with Crippen LogP contribution in [0, 0.1) is 5.92 Å². The Morgan fingerprint density at radius 3 is 2.96 bits per heavy atom. The Labute approximate surface area is 152 Å². The van der Waals surface area contributed by atoms with E-state index in [-0.39, 0.29) is 11.7 Å². The standard InChI is InChI=1S/C19H22N6O/c1-3-16-22-18-15(11-21-24(18)2)19(23-16)25-9-5-7-14(12-25)17(26)13-6-4-8-20-10-13/h4,6,8,10-11,14H,3,5,7,9,12H2,1-2H3/t14-/m0/s1. The number of Topliss-reactive ketones (excluding diaryl/α,β-unsaturated/α-hetero) is 1. The molecule has 0 radical (unpaired) electrons. The third kappa shape index (κ3) is 2.94. The molecule has 1 aliphatic heterocycles. The summed E-state index contributed by atoms with van der Waals surface area (Å²) in [5.41, 5.74) is 1.52. The second-order valence-electron chi connectivity index (χ2n) is 6.71. The number of pyridine rings is 1. The van der Waals surface area contributed by atoms with Crippen LogP contribution in [0.3, 0.4) is 0 Å². The summed E-state index contributed by atoms with van der Waals surface area (Å²) in [7, 11) is 1.89. The molecule has 1 aliphatic rings. The van der Waals surface area contributed by atoms with Crippen LogP contribution in [0.4, 0.5) is 5.82 Å². The Bertz CT molecular complexity index is 936. The van der Waals surface area contributed by atoms with Gasteiger partial charge in [-0.25, -0.2) is 9.97 Å². The zero-order valence-electron chi connectivity index (χ0n) is 15.1. The number of piperidine rings is 1. The molecule has 3 aromatic rings. The molecule has 134 valence electrons. The van der Waals surface area contributed by atoms with Gasteiger partial charge in [0.1, 0.15) is 11.6 Å². The lowest BCUT2D eigenvalue weighted by molar-refractivity contribution is 0.0906. The lowest BCUT2D eigenvalue weighted by atomic mass is 9.90. The zero-order valence-corrected chi connectivity index (χ0v) is 15.1. The molecule has 1 atom stereocenters.